The standard InChI is InChI=1S/C12H12BrClN2O/c1-16-7-9(6-15-16)8-17-12-4-2-3-11(14)10(12)5-13/h2-4,6-7H,5,8H2,1H3. The number of rotatable bonds is 4. The first-order chi connectivity index (χ1) is 8.20. The van der Waals surface area contributed by atoms with Gasteiger partial charge in [0.25, 0.3) is 0 Å². The van der Waals surface area contributed by atoms with Gasteiger partial charge >= 0.3 is 0 Å². The van der Waals surface area contributed by atoms with Crippen molar-refractivity contribution in [3.63, 3.8) is 0 Å². The van der Waals surface area contributed by atoms with Crippen LogP contribution in [0, 0.1) is 0 Å². The molecule has 2 rings (SSSR count). The van der Waals surface area contributed by atoms with Gasteiger partial charge < -0.3 is 4.74 Å². The molecule has 0 radical (unpaired) electrons. The zero-order chi connectivity index (χ0) is 12.3. The predicted molar refractivity (Wildman–Crippen MR) is 71.6 cm³/mol. The van der Waals surface area contributed by atoms with Gasteiger partial charge in [-0.05, 0) is 12.1 Å². The molecular formula is C12H12BrClN2O. The first kappa shape index (κ1) is 12.5. The molecule has 0 aliphatic rings. The molecule has 0 saturated carbocycles. The normalized spacial score (nSPS) is 10.5. The summed E-state index contributed by atoms with van der Waals surface area (Å²) in [6, 6.07) is 5.65. The highest BCUT2D eigenvalue weighted by atomic mass is 79.9. The molecule has 17 heavy (non-hydrogen) atoms. The molecule has 1 aromatic carbocycles. The molecule has 1 heterocycles. The molecule has 0 aliphatic carbocycles. The summed E-state index contributed by atoms with van der Waals surface area (Å²) in [7, 11) is 1.88. The molecule has 90 valence electrons. The van der Waals surface area contributed by atoms with Crippen LogP contribution in [0.4, 0.5) is 0 Å². The molecule has 0 N–H and O–H groups in total. The number of hydrogen-bond acceptors (Lipinski definition) is 2. The van der Waals surface area contributed by atoms with E-state index in [9.17, 15) is 0 Å². The summed E-state index contributed by atoms with van der Waals surface area (Å²) in [5.74, 6) is 0.804. The van der Waals surface area contributed by atoms with Gasteiger partial charge in [0, 0.05) is 34.7 Å². The zero-order valence-electron chi connectivity index (χ0n) is 9.36. The van der Waals surface area contributed by atoms with Crippen molar-refractivity contribution in [2.45, 2.75) is 11.9 Å². The van der Waals surface area contributed by atoms with E-state index in [4.69, 9.17) is 16.3 Å². The summed E-state index contributed by atoms with van der Waals surface area (Å²) in [5.41, 5.74) is 2.01. The number of hydrogen-bond donors (Lipinski definition) is 0. The second-order valence-electron chi connectivity index (χ2n) is 3.66. The minimum absolute atomic E-state index is 0.494. The van der Waals surface area contributed by atoms with Crippen LogP contribution in [0.5, 0.6) is 5.75 Å². The van der Waals surface area contributed by atoms with Crippen LogP contribution < -0.4 is 4.74 Å². The highest BCUT2D eigenvalue weighted by Gasteiger charge is 2.07. The van der Waals surface area contributed by atoms with Crippen LogP contribution in [0.2, 0.25) is 5.02 Å². The molecule has 0 saturated heterocycles. The maximum Gasteiger partial charge on any atom is 0.125 e. The monoisotopic (exact) mass is 314 g/mol. The molecule has 0 fully saturated rings. The molecule has 3 nitrogen and oxygen atoms in total. The number of halogens is 2. The highest BCUT2D eigenvalue weighted by molar-refractivity contribution is 9.08. The summed E-state index contributed by atoms with van der Waals surface area (Å²) >= 11 is 9.50. The van der Waals surface area contributed by atoms with E-state index in [0.717, 1.165) is 16.9 Å². The van der Waals surface area contributed by atoms with E-state index in [0.29, 0.717) is 17.0 Å². The van der Waals surface area contributed by atoms with Gasteiger partial charge in [0.1, 0.15) is 12.4 Å². The van der Waals surface area contributed by atoms with Crippen molar-refractivity contribution in [3.8, 4) is 5.75 Å². The minimum Gasteiger partial charge on any atom is -0.488 e. The van der Waals surface area contributed by atoms with Gasteiger partial charge in [0.15, 0.2) is 0 Å². The minimum atomic E-state index is 0.494. The quantitative estimate of drug-likeness (QED) is 0.807. The largest absolute Gasteiger partial charge is 0.488 e. The molecule has 2 aromatic rings. The average Bonchev–Trinajstić information content (AvgIpc) is 2.72. The lowest BCUT2D eigenvalue weighted by Crippen LogP contribution is -1.97. The van der Waals surface area contributed by atoms with Gasteiger partial charge in [-0.3, -0.25) is 4.68 Å². The van der Waals surface area contributed by atoms with Gasteiger partial charge in [-0.1, -0.05) is 33.6 Å². The van der Waals surface area contributed by atoms with E-state index in [1.165, 1.54) is 0 Å². The summed E-state index contributed by atoms with van der Waals surface area (Å²) in [6.45, 7) is 0.494. The van der Waals surface area contributed by atoms with Crippen molar-refractivity contribution >= 4 is 27.5 Å². The lowest BCUT2D eigenvalue weighted by Gasteiger charge is -2.10. The highest BCUT2D eigenvalue weighted by Crippen LogP contribution is 2.29. The fourth-order valence-corrected chi connectivity index (χ4v) is 2.48. The third kappa shape index (κ3) is 3.01. The summed E-state index contributed by atoms with van der Waals surface area (Å²) in [5, 5.41) is 5.48. The van der Waals surface area contributed by atoms with Crippen LogP contribution in [0.1, 0.15) is 11.1 Å². The molecular weight excluding hydrogens is 304 g/mol. The number of alkyl halides is 1. The summed E-state index contributed by atoms with van der Waals surface area (Å²) in [6.07, 6.45) is 3.72. The number of aryl methyl sites for hydroxylation is 1. The summed E-state index contributed by atoms with van der Waals surface area (Å²) < 4.78 is 7.49. The Morgan fingerprint density at radius 3 is 2.94 bits per heavy atom. The first-order valence-corrected chi connectivity index (χ1v) is 6.64. The molecule has 0 aliphatic heterocycles. The van der Waals surface area contributed by atoms with Gasteiger partial charge in [0.2, 0.25) is 0 Å². The van der Waals surface area contributed by atoms with Gasteiger partial charge in [-0.2, -0.15) is 5.10 Å². The van der Waals surface area contributed by atoms with Crippen LogP contribution in [0.15, 0.2) is 30.6 Å². The van der Waals surface area contributed by atoms with Crippen molar-refractivity contribution in [1.82, 2.24) is 9.78 Å². The predicted octanol–water partition coefficient (Wildman–Crippen LogP) is 3.55. The molecule has 0 unspecified atom stereocenters. The van der Waals surface area contributed by atoms with Crippen molar-refractivity contribution in [1.29, 1.82) is 0 Å². The number of aromatic nitrogens is 2. The van der Waals surface area contributed by atoms with E-state index in [1.54, 1.807) is 10.9 Å². The molecule has 1 aromatic heterocycles. The van der Waals surface area contributed by atoms with Crippen molar-refractivity contribution in [2.24, 2.45) is 7.05 Å². The van der Waals surface area contributed by atoms with E-state index < -0.39 is 0 Å². The SMILES string of the molecule is Cn1cc(COc2cccc(Cl)c2CBr)cn1. The lowest BCUT2D eigenvalue weighted by molar-refractivity contribution is 0.304. The van der Waals surface area contributed by atoms with E-state index in [-0.39, 0.29) is 0 Å². The maximum absolute atomic E-state index is 6.09. The first-order valence-electron chi connectivity index (χ1n) is 5.14. The van der Waals surface area contributed by atoms with Crippen LogP contribution >= 0.6 is 27.5 Å². The Morgan fingerprint density at radius 2 is 2.29 bits per heavy atom. The van der Waals surface area contributed by atoms with E-state index in [1.807, 2.05) is 31.4 Å². The van der Waals surface area contributed by atoms with Gasteiger partial charge in [0.05, 0.1) is 6.20 Å². The topological polar surface area (TPSA) is 27.1 Å². The van der Waals surface area contributed by atoms with Crippen molar-refractivity contribution < 1.29 is 4.74 Å². The van der Waals surface area contributed by atoms with Crippen LogP contribution in [0.3, 0.4) is 0 Å². The zero-order valence-corrected chi connectivity index (χ0v) is 11.7. The Balaban J connectivity index is 2.11. The Morgan fingerprint density at radius 1 is 1.47 bits per heavy atom. The van der Waals surface area contributed by atoms with E-state index in [2.05, 4.69) is 21.0 Å². The fourth-order valence-electron chi connectivity index (χ4n) is 1.51. The Hall–Kier alpha value is -1.00. The van der Waals surface area contributed by atoms with Gasteiger partial charge in [-0.15, -0.1) is 0 Å². The third-order valence-electron chi connectivity index (χ3n) is 2.36. The Kier molecular flexibility index (Phi) is 4.07. The van der Waals surface area contributed by atoms with Crippen LogP contribution in [-0.2, 0) is 19.0 Å². The number of nitrogens with zero attached hydrogens (tertiary/aromatic N) is 2. The van der Waals surface area contributed by atoms with Crippen LogP contribution in [-0.4, -0.2) is 9.78 Å². The molecule has 0 bridgehead atoms. The van der Waals surface area contributed by atoms with Crippen molar-refractivity contribution in [2.75, 3.05) is 0 Å². The molecule has 0 spiro atoms. The fraction of sp³-hybridized carbons (Fsp3) is 0.250. The molecule has 0 amide bonds. The van der Waals surface area contributed by atoms with E-state index >= 15 is 0 Å². The maximum atomic E-state index is 6.09. The number of ether oxygens (including phenoxy) is 1. The van der Waals surface area contributed by atoms with Crippen molar-refractivity contribution in [3.05, 3.63) is 46.7 Å². The summed E-state index contributed by atoms with van der Waals surface area (Å²) in [4.78, 5) is 0. The van der Waals surface area contributed by atoms with Crippen LogP contribution in [0.25, 0.3) is 0 Å². The van der Waals surface area contributed by atoms with Gasteiger partial charge in [-0.25, -0.2) is 0 Å². The lowest BCUT2D eigenvalue weighted by atomic mass is 10.2. The second kappa shape index (κ2) is 5.56. The second-order valence-corrected chi connectivity index (χ2v) is 4.63. The average molecular weight is 316 g/mol. The third-order valence-corrected chi connectivity index (χ3v) is 3.28. The Labute approximate surface area is 113 Å². The molecule has 0 atom stereocenters. The Bertz CT molecular complexity index is 513. The molecule has 5 heteroatoms. The smallest absolute Gasteiger partial charge is 0.125 e. The number of benzene rings is 1.